The Morgan fingerprint density at radius 2 is 1.33 bits per heavy atom. The first-order valence-corrected chi connectivity index (χ1v) is 7.25. The summed E-state index contributed by atoms with van der Waals surface area (Å²) in [4.78, 5) is 11.2. The van der Waals surface area contributed by atoms with E-state index in [0.29, 0.717) is 12.0 Å². The van der Waals surface area contributed by atoms with Gasteiger partial charge >= 0.3 is 6.16 Å². The van der Waals surface area contributed by atoms with Gasteiger partial charge in [0.25, 0.3) is 0 Å². The fourth-order valence-corrected chi connectivity index (χ4v) is 2.43. The lowest BCUT2D eigenvalue weighted by molar-refractivity contribution is 0.138. The van der Waals surface area contributed by atoms with Crippen molar-refractivity contribution in [2.24, 2.45) is 0 Å². The molecule has 3 N–H and O–H groups in total. The van der Waals surface area contributed by atoms with E-state index in [1.165, 1.54) is 19.3 Å². The topological polar surface area (TPSA) is 96.2 Å². The van der Waals surface area contributed by atoms with E-state index in [0.717, 1.165) is 19.3 Å². The van der Waals surface area contributed by atoms with Gasteiger partial charge in [-0.3, -0.25) is 0 Å². The largest absolute Gasteiger partial charge is 0.519 e. The summed E-state index contributed by atoms with van der Waals surface area (Å²) < 4.78 is 9.60. The third-order valence-electron chi connectivity index (χ3n) is 3.58. The Kier molecular flexibility index (Phi) is 4.77. The fourth-order valence-electron chi connectivity index (χ4n) is 2.43. The minimum atomic E-state index is -1.03. The molecule has 0 saturated carbocycles. The number of rotatable bonds is 7. The van der Waals surface area contributed by atoms with Crippen molar-refractivity contribution in [1.82, 2.24) is 0 Å². The van der Waals surface area contributed by atoms with Crippen molar-refractivity contribution in [3.8, 4) is 28.7 Å². The minimum Gasteiger partial charge on any atom is -0.502 e. The van der Waals surface area contributed by atoms with Gasteiger partial charge in [0.05, 0.1) is 0 Å². The molecule has 116 valence electrons. The SMILES string of the molecule is CCCCCCCCc1c2c(O)c(O)c(O)c1OC(=O)O2. The van der Waals surface area contributed by atoms with Crippen molar-refractivity contribution < 1.29 is 29.6 Å². The van der Waals surface area contributed by atoms with Crippen LogP contribution in [0.2, 0.25) is 0 Å². The third-order valence-corrected chi connectivity index (χ3v) is 3.58. The number of carbonyl (C=O) groups is 1. The van der Waals surface area contributed by atoms with Crippen LogP contribution in [0.3, 0.4) is 0 Å². The highest BCUT2D eigenvalue weighted by atomic mass is 16.7. The van der Waals surface area contributed by atoms with E-state index < -0.39 is 23.4 Å². The summed E-state index contributed by atoms with van der Waals surface area (Å²) in [5.41, 5.74) is 0.415. The van der Waals surface area contributed by atoms with E-state index in [4.69, 9.17) is 9.47 Å². The molecule has 1 aliphatic rings. The average molecular weight is 296 g/mol. The maximum atomic E-state index is 11.2. The molecule has 2 bridgehead atoms. The Balaban J connectivity index is 2.09. The number of hydrogen-bond donors (Lipinski definition) is 3. The van der Waals surface area contributed by atoms with E-state index in [1.54, 1.807) is 0 Å². The van der Waals surface area contributed by atoms with Crippen LogP contribution in [0, 0.1) is 0 Å². The second kappa shape index (κ2) is 6.56. The van der Waals surface area contributed by atoms with Crippen molar-refractivity contribution in [2.45, 2.75) is 51.9 Å². The summed E-state index contributed by atoms with van der Waals surface area (Å²) >= 11 is 0. The van der Waals surface area contributed by atoms with Crippen LogP contribution >= 0.6 is 0 Å². The van der Waals surface area contributed by atoms with Crippen molar-refractivity contribution in [2.75, 3.05) is 0 Å². The van der Waals surface area contributed by atoms with E-state index in [2.05, 4.69) is 6.92 Å². The van der Waals surface area contributed by atoms with Gasteiger partial charge in [-0.2, -0.15) is 0 Å². The Hall–Kier alpha value is -2.11. The highest BCUT2D eigenvalue weighted by molar-refractivity contribution is 5.80. The van der Waals surface area contributed by atoms with Gasteiger partial charge < -0.3 is 24.8 Å². The summed E-state index contributed by atoms with van der Waals surface area (Å²) in [6.45, 7) is 2.15. The van der Waals surface area contributed by atoms with Crippen LogP contribution in [-0.2, 0) is 6.42 Å². The van der Waals surface area contributed by atoms with Gasteiger partial charge in [0.15, 0.2) is 11.5 Å². The van der Waals surface area contributed by atoms with Gasteiger partial charge in [-0.15, -0.1) is 0 Å². The van der Waals surface area contributed by atoms with Crippen LogP contribution in [0.4, 0.5) is 4.79 Å². The molecule has 21 heavy (non-hydrogen) atoms. The Bertz CT molecular complexity index is 502. The molecule has 0 amide bonds. The zero-order valence-corrected chi connectivity index (χ0v) is 12.0. The molecule has 0 spiro atoms. The molecule has 0 unspecified atom stereocenters. The number of fused-ring (bicyclic) bond motifs is 2. The van der Waals surface area contributed by atoms with E-state index in [9.17, 15) is 20.1 Å². The molecule has 6 heteroatoms. The molecule has 1 aliphatic heterocycles. The van der Waals surface area contributed by atoms with Crippen LogP contribution < -0.4 is 9.47 Å². The molecule has 0 fully saturated rings. The predicted octanol–water partition coefficient (Wildman–Crippen LogP) is 3.60. The van der Waals surface area contributed by atoms with E-state index >= 15 is 0 Å². The number of carbonyl (C=O) groups excluding carboxylic acids is 1. The molecule has 0 atom stereocenters. The maximum Gasteiger partial charge on any atom is 0.519 e. The first kappa shape index (κ1) is 15.3. The van der Waals surface area contributed by atoms with Crippen LogP contribution in [0.1, 0.15) is 51.0 Å². The molecule has 2 rings (SSSR count). The zero-order chi connectivity index (χ0) is 15.4. The maximum absolute atomic E-state index is 11.2. The summed E-state index contributed by atoms with van der Waals surface area (Å²) in [6, 6.07) is 0. The lowest BCUT2D eigenvalue weighted by atomic mass is 10.0. The van der Waals surface area contributed by atoms with Crippen molar-refractivity contribution in [3.63, 3.8) is 0 Å². The molecule has 1 heterocycles. The highest BCUT2D eigenvalue weighted by Gasteiger charge is 2.33. The predicted molar refractivity (Wildman–Crippen MR) is 75.2 cm³/mol. The Morgan fingerprint density at radius 1 is 0.810 bits per heavy atom. The molecule has 0 aromatic heterocycles. The summed E-state index contributed by atoms with van der Waals surface area (Å²) in [7, 11) is 0. The van der Waals surface area contributed by atoms with Crippen LogP contribution in [0.5, 0.6) is 28.7 Å². The number of ether oxygens (including phenoxy) is 2. The second-order valence-electron chi connectivity index (χ2n) is 5.15. The molecule has 6 nitrogen and oxygen atoms in total. The lowest BCUT2D eigenvalue weighted by Crippen LogP contribution is -2.21. The minimum absolute atomic E-state index is 0.120. The van der Waals surface area contributed by atoms with Gasteiger partial charge in [-0.25, -0.2) is 4.79 Å². The molecule has 0 radical (unpaired) electrons. The summed E-state index contributed by atoms with van der Waals surface area (Å²) in [6.07, 6.45) is 5.94. The molecular weight excluding hydrogens is 276 g/mol. The molecule has 0 aliphatic carbocycles. The highest BCUT2D eigenvalue weighted by Crippen LogP contribution is 2.54. The number of benzene rings is 1. The monoisotopic (exact) mass is 296 g/mol. The smallest absolute Gasteiger partial charge is 0.502 e. The van der Waals surface area contributed by atoms with Crippen molar-refractivity contribution >= 4 is 6.16 Å². The molecule has 1 aromatic carbocycles. The first-order valence-electron chi connectivity index (χ1n) is 7.25. The lowest BCUT2D eigenvalue weighted by Gasteiger charge is -2.22. The molecule has 0 saturated heterocycles. The van der Waals surface area contributed by atoms with Gasteiger partial charge in [0.1, 0.15) is 0 Å². The van der Waals surface area contributed by atoms with Crippen LogP contribution in [0.25, 0.3) is 0 Å². The number of unbranched alkanes of at least 4 members (excludes halogenated alkanes) is 5. The van der Waals surface area contributed by atoms with Crippen molar-refractivity contribution in [3.05, 3.63) is 5.56 Å². The third kappa shape index (κ3) is 3.15. The van der Waals surface area contributed by atoms with Gasteiger partial charge in [0, 0.05) is 5.56 Å². The fraction of sp³-hybridized carbons (Fsp3) is 0.533. The number of phenols is 3. The van der Waals surface area contributed by atoms with Gasteiger partial charge in [-0.05, 0) is 12.8 Å². The molecule has 1 aromatic rings. The number of hydrogen-bond acceptors (Lipinski definition) is 6. The van der Waals surface area contributed by atoms with Crippen LogP contribution in [0.15, 0.2) is 0 Å². The van der Waals surface area contributed by atoms with Crippen molar-refractivity contribution in [1.29, 1.82) is 0 Å². The Labute approximate surface area is 122 Å². The Morgan fingerprint density at radius 3 is 1.90 bits per heavy atom. The first-order chi connectivity index (χ1) is 10.1. The average Bonchev–Trinajstić information content (AvgIpc) is 2.47. The number of phenolic OH excluding ortho intramolecular Hbond substituents is 3. The van der Waals surface area contributed by atoms with E-state index in [-0.39, 0.29) is 11.5 Å². The second-order valence-corrected chi connectivity index (χ2v) is 5.15. The summed E-state index contributed by atoms with van der Waals surface area (Å²) in [5.74, 6) is -2.24. The van der Waals surface area contributed by atoms with E-state index in [1.807, 2.05) is 0 Å². The zero-order valence-electron chi connectivity index (χ0n) is 12.0. The quantitative estimate of drug-likeness (QED) is 0.308. The number of aromatic hydroxyl groups is 3. The molecular formula is C15H20O6. The van der Waals surface area contributed by atoms with Gasteiger partial charge in [-0.1, -0.05) is 39.0 Å². The normalized spacial score (nSPS) is 12.9. The van der Waals surface area contributed by atoms with Crippen LogP contribution in [-0.4, -0.2) is 21.5 Å². The standard InChI is InChI=1S/C15H20O6/c1-2-3-4-5-6-7-8-9-13-11(17)10(16)12(18)14(9)21-15(19)20-13/h16-18H,2-8H2,1H3. The summed E-state index contributed by atoms with van der Waals surface area (Å²) in [5, 5.41) is 29.1. The van der Waals surface area contributed by atoms with Gasteiger partial charge in [0.2, 0.25) is 17.2 Å².